The molecule has 0 aliphatic heterocycles. The van der Waals surface area contributed by atoms with Crippen LogP contribution in [0.25, 0.3) is 0 Å². The SMILES string of the molecule is Cc1ccsc1[C@@H]1C[C@H]1C(=O)NS(=O)(=O)c1ccccn1. The molecule has 21 heavy (non-hydrogen) atoms. The van der Waals surface area contributed by atoms with Crippen LogP contribution in [0.5, 0.6) is 0 Å². The summed E-state index contributed by atoms with van der Waals surface area (Å²) in [6.45, 7) is 2.00. The summed E-state index contributed by atoms with van der Waals surface area (Å²) < 4.78 is 26.2. The van der Waals surface area contributed by atoms with Crippen LogP contribution in [-0.2, 0) is 14.8 Å². The second kappa shape index (κ2) is 5.23. The van der Waals surface area contributed by atoms with Crippen LogP contribution in [0, 0.1) is 12.8 Å². The Morgan fingerprint density at radius 2 is 2.19 bits per heavy atom. The number of thiophene rings is 1. The Bertz CT molecular complexity index is 769. The van der Waals surface area contributed by atoms with E-state index in [1.807, 2.05) is 18.4 Å². The average Bonchev–Trinajstić information content (AvgIpc) is 3.15. The molecule has 0 aromatic carbocycles. The van der Waals surface area contributed by atoms with Crippen LogP contribution in [0.3, 0.4) is 0 Å². The number of carbonyl (C=O) groups excluding carboxylic acids is 1. The zero-order valence-corrected chi connectivity index (χ0v) is 12.9. The van der Waals surface area contributed by atoms with Crippen LogP contribution in [0.2, 0.25) is 0 Å². The molecule has 2 atom stereocenters. The first-order chi connectivity index (χ1) is 9.99. The summed E-state index contributed by atoms with van der Waals surface area (Å²) in [6, 6.07) is 6.57. The highest BCUT2D eigenvalue weighted by atomic mass is 32.2. The van der Waals surface area contributed by atoms with Gasteiger partial charge in [0, 0.05) is 22.9 Å². The summed E-state index contributed by atoms with van der Waals surface area (Å²) in [4.78, 5) is 17.0. The lowest BCUT2D eigenvalue weighted by atomic mass is 10.2. The number of nitrogens with one attached hydrogen (secondary N) is 1. The third-order valence-corrected chi connectivity index (χ3v) is 5.93. The number of aryl methyl sites for hydroxylation is 1. The van der Waals surface area contributed by atoms with Gasteiger partial charge in [-0.15, -0.1) is 11.3 Å². The molecule has 1 amide bonds. The monoisotopic (exact) mass is 322 g/mol. The minimum absolute atomic E-state index is 0.136. The van der Waals surface area contributed by atoms with Gasteiger partial charge in [0.05, 0.1) is 0 Å². The van der Waals surface area contributed by atoms with Crippen LogP contribution in [0.15, 0.2) is 40.9 Å². The molecule has 1 fully saturated rings. The number of nitrogens with zero attached hydrogens (tertiary/aromatic N) is 1. The van der Waals surface area contributed by atoms with Crippen LogP contribution in [0.4, 0.5) is 0 Å². The maximum absolute atomic E-state index is 12.1. The number of hydrogen-bond acceptors (Lipinski definition) is 5. The zero-order chi connectivity index (χ0) is 15.0. The Hall–Kier alpha value is -1.73. The van der Waals surface area contributed by atoms with Gasteiger partial charge in [0.15, 0.2) is 5.03 Å². The van der Waals surface area contributed by atoms with Crippen molar-refractivity contribution in [1.82, 2.24) is 9.71 Å². The molecule has 1 saturated carbocycles. The highest BCUT2D eigenvalue weighted by Crippen LogP contribution is 2.50. The van der Waals surface area contributed by atoms with Crippen molar-refractivity contribution in [2.75, 3.05) is 0 Å². The van der Waals surface area contributed by atoms with Crippen molar-refractivity contribution in [3.05, 3.63) is 46.3 Å². The van der Waals surface area contributed by atoms with E-state index < -0.39 is 15.9 Å². The van der Waals surface area contributed by atoms with Gasteiger partial charge in [-0.2, -0.15) is 8.42 Å². The van der Waals surface area contributed by atoms with E-state index in [0.29, 0.717) is 6.42 Å². The fourth-order valence-electron chi connectivity index (χ4n) is 2.31. The Morgan fingerprint density at radius 3 is 2.81 bits per heavy atom. The summed E-state index contributed by atoms with van der Waals surface area (Å²) in [7, 11) is -3.87. The Balaban J connectivity index is 1.70. The number of pyridine rings is 1. The molecule has 0 radical (unpaired) electrons. The van der Waals surface area contributed by atoms with Crippen molar-refractivity contribution < 1.29 is 13.2 Å². The molecule has 1 aliphatic carbocycles. The number of rotatable bonds is 4. The molecule has 1 aliphatic rings. The fraction of sp³-hybridized carbons (Fsp3) is 0.286. The lowest BCUT2D eigenvalue weighted by Gasteiger charge is -2.05. The Labute approximate surface area is 127 Å². The van der Waals surface area contributed by atoms with Gasteiger partial charge < -0.3 is 0 Å². The van der Waals surface area contributed by atoms with Gasteiger partial charge in [-0.25, -0.2) is 9.71 Å². The van der Waals surface area contributed by atoms with Gasteiger partial charge >= 0.3 is 0 Å². The summed E-state index contributed by atoms with van der Waals surface area (Å²) in [5.74, 6) is -0.566. The Morgan fingerprint density at radius 1 is 1.38 bits per heavy atom. The molecule has 0 saturated heterocycles. The van der Waals surface area contributed by atoms with Gasteiger partial charge in [-0.3, -0.25) is 4.79 Å². The lowest BCUT2D eigenvalue weighted by Crippen LogP contribution is -2.32. The second-order valence-corrected chi connectivity index (χ2v) is 7.63. The number of sulfonamides is 1. The van der Waals surface area contributed by atoms with Crippen LogP contribution >= 0.6 is 11.3 Å². The number of aromatic nitrogens is 1. The lowest BCUT2D eigenvalue weighted by molar-refractivity contribution is -0.120. The van der Waals surface area contributed by atoms with E-state index in [4.69, 9.17) is 0 Å². The molecule has 1 N–H and O–H groups in total. The van der Waals surface area contributed by atoms with Crippen molar-refractivity contribution in [3.8, 4) is 0 Å². The van der Waals surface area contributed by atoms with Crippen LogP contribution in [-0.4, -0.2) is 19.3 Å². The molecule has 0 spiro atoms. The van der Waals surface area contributed by atoms with Gasteiger partial charge in [0.25, 0.3) is 10.0 Å². The van der Waals surface area contributed by atoms with Gasteiger partial charge in [0.1, 0.15) is 0 Å². The van der Waals surface area contributed by atoms with E-state index in [-0.39, 0.29) is 16.9 Å². The molecule has 2 aromatic rings. The van der Waals surface area contributed by atoms with Crippen molar-refractivity contribution in [1.29, 1.82) is 0 Å². The van der Waals surface area contributed by atoms with E-state index >= 15 is 0 Å². The van der Waals surface area contributed by atoms with E-state index in [1.54, 1.807) is 23.5 Å². The summed E-state index contributed by atoms with van der Waals surface area (Å²) in [5.41, 5.74) is 1.16. The van der Waals surface area contributed by atoms with Crippen molar-refractivity contribution in [3.63, 3.8) is 0 Å². The third-order valence-electron chi connectivity index (χ3n) is 3.51. The van der Waals surface area contributed by atoms with Crippen LogP contribution in [0.1, 0.15) is 22.8 Å². The van der Waals surface area contributed by atoms with E-state index in [0.717, 1.165) is 5.56 Å². The van der Waals surface area contributed by atoms with Crippen LogP contribution < -0.4 is 4.72 Å². The minimum Gasteiger partial charge on any atom is -0.274 e. The van der Waals surface area contributed by atoms with Gasteiger partial charge in [0.2, 0.25) is 5.91 Å². The molecule has 5 nitrogen and oxygen atoms in total. The predicted molar refractivity (Wildman–Crippen MR) is 79.5 cm³/mol. The van der Waals surface area contributed by atoms with E-state index in [1.165, 1.54) is 17.1 Å². The first kappa shape index (κ1) is 14.2. The quantitative estimate of drug-likeness (QED) is 0.935. The van der Waals surface area contributed by atoms with Gasteiger partial charge in [-0.05, 0) is 42.5 Å². The molecule has 7 heteroatoms. The fourth-order valence-corrected chi connectivity index (χ4v) is 4.39. The molecule has 2 aromatic heterocycles. The topological polar surface area (TPSA) is 76.1 Å². The van der Waals surface area contributed by atoms with E-state index in [2.05, 4.69) is 9.71 Å². The standard InChI is InChI=1S/C14H14N2O3S2/c1-9-5-7-20-13(9)10-8-11(10)14(17)16-21(18,19)12-4-2-3-6-15-12/h2-7,10-11H,8H2,1H3,(H,16,17)/t10-,11-/m1/s1. The largest absolute Gasteiger partial charge is 0.281 e. The molecule has 110 valence electrons. The molecular formula is C14H14N2O3S2. The maximum Gasteiger partial charge on any atom is 0.281 e. The molecule has 0 bridgehead atoms. The summed E-state index contributed by atoms with van der Waals surface area (Å²) in [5, 5.41) is 1.85. The smallest absolute Gasteiger partial charge is 0.274 e. The zero-order valence-electron chi connectivity index (χ0n) is 11.3. The normalized spacial score (nSPS) is 21.0. The first-order valence-corrected chi connectivity index (χ1v) is 8.87. The summed E-state index contributed by atoms with van der Waals surface area (Å²) in [6.07, 6.45) is 2.08. The molecule has 2 heterocycles. The highest BCUT2D eigenvalue weighted by molar-refractivity contribution is 7.90. The maximum atomic E-state index is 12.1. The van der Waals surface area contributed by atoms with Gasteiger partial charge in [-0.1, -0.05) is 6.07 Å². The van der Waals surface area contributed by atoms with Crippen molar-refractivity contribution in [2.24, 2.45) is 5.92 Å². The Kier molecular flexibility index (Phi) is 3.54. The molecular weight excluding hydrogens is 308 g/mol. The first-order valence-electron chi connectivity index (χ1n) is 6.51. The molecule has 3 rings (SSSR count). The minimum atomic E-state index is -3.87. The number of hydrogen-bond donors (Lipinski definition) is 1. The summed E-state index contributed by atoms with van der Waals surface area (Å²) >= 11 is 1.61. The van der Waals surface area contributed by atoms with E-state index in [9.17, 15) is 13.2 Å². The van der Waals surface area contributed by atoms with Crippen molar-refractivity contribution in [2.45, 2.75) is 24.3 Å². The number of carbonyl (C=O) groups is 1. The third kappa shape index (κ3) is 2.84. The average molecular weight is 322 g/mol. The molecule has 0 unspecified atom stereocenters. The second-order valence-electron chi connectivity index (χ2n) is 5.05. The predicted octanol–water partition coefficient (Wildman–Crippen LogP) is 2.06. The van der Waals surface area contributed by atoms with Crippen molar-refractivity contribution >= 4 is 27.3 Å². The highest BCUT2D eigenvalue weighted by Gasteiger charge is 2.46. The number of amides is 1.